The number of anilines is 1. The number of oxazole rings is 1. The van der Waals surface area contributed by atoms with E-state index in [9.17, 15) is 10.1 Å². The molecule has 3 aromatic carbocycles. The Balaban J connectivity index is 1.78. The van der Waals surface area contributed by atoms with Gasteiger partial charge in [0.25, 0.3) is 5.69 Å². The smallest absolute Gasteiger partial charge is 0.282 e. The Morgan fingerprint density at radius 1 is 0.824 bits per heavy atom. The number of hydrogen-bond donors (Lipinski definition) is 0. The number of para-hydroxylation sites is 1. The Kier molecular flexibility index (Phi) is 6.03. The molecule has 0 aliphatic carbocycles. The normalized spacial score (nSPS) is 14.2. The third kappa shape index (κ3) is 3.93. The second kappa shape index (κ2) is 9.27. The van der Waals surface area contributed by atoms with E-state index in [1.165, 1.54) is 6.07 Å². The lowest BCUT2D eigenvalue weighted by atomic mass is 10.1. The van der Waals surface area contributed by atoms with Gasteiger partial charge in [0, 0.05) is 29.8 Å². The molecule has 5 rings (SSSR count). The highest BCUT2D eigenvalue weighted by molar-refractivity contribution is 7.85. The van der Waals surface area contributed by atoms with Crippen LogP contribution in [-0.4, -0.2) is 23.0 Å². The molecule has 0 bridgehead atoms. The number of hydrogen-bond acceptors (Lipinski definition) is 6. The van der Waals surface area contributed by atoms with Gasteiger partial charge in [0.1, 0.15) is 5.56 Å². The molecule has 0 atom stereocenters. The van der Waals surface area contributed by atoms with Crippen LogP contribution in [0.25, 0.3) is 11.5 Å². The lowest BCUT2D eigenvalue weighted by Crippen LogP contribution is -2.35. The molecule has 0 N–H and O–H groups in total. The van der Waals surface area contributed by atoms with Crippen molar-refractivity contribution >= 4 is 34.8 Å². The zero-order valence-electron chi connectivity index (χ0n) is 18.5. The molecular formula is C26H24N3O4P. The molecule has 0 radical (unpaired) electrons. The maximum absolute atomic E-state index is 15.1. The average molecular weight is 473 g/mol. The van der Waals surface area contributed by atoms with Crippen LogP contribution < -0.4 is 20.9 Å². The molecule has 1 saturated heterocycles. The van der Waals surface area contributed by atoms with Gasteiger partial charge in [0.15, 0.2) is 12.6 Å². The van der Waals surface area contributed by atoms with Crippen molar-refractivity contribution < 1.29 is 13.9 Å². The van der Waals surface area contributed by atoms with Gasteiger partial charge in [-0.25, -0.2) is 4.98 Å². The van der Waals surface area contributed by atoms with Gasteiger partial charge in [-0.15, -0.1) is 0 Å². The van der Waals surface area contributed by atoms with Crippen molar-refractivity contribution in [2.75, 3.05) is 18.0 Å². The Labute approximate surface area is 197 Å². The van der Waals surface area contributed by atoms with Crippen molar-refractivity contribution in [3.63, 3.8) is 0 Å². The first kappa shape index (κ1) is 22.1. The molecule has 2 heterocycles. The minimum absolute atomic E-state index is 0.102. The van der Waals surface area contributed by atoms with Gasteiger partial charge in [0.2, 0.25) is 11.8 Å². The van der Waals surface area contributed by atoms with Gasteiger partial charge in [-0.2, -0.15) is 0 Å². The quantitative estimate of drug-likeness (QED) is 0.225. The number of nitro benzene ring substituents is 1. The average Bonchev–Trinajstić information content (AvgIpc) is 3.36. The molecule has 0 unspecified atom stereocenters. The number of aromatic nitrogens is 1. The van der Waals surface area contributed by atoms with E-state index in [0.717, 1.165) is 32.4 Å². The lowest BCUT2D eigenvalue weighted by molar-refractivity contribution is -0.384. The second-order valence-corrected chi connectivity index (χ2v) is 10.9. The summed E-state index contributed by atoms with van der Waals surface area (Å²) in [6.07, 6.45) is 3.09. The number of nitro groups is 1. The fourth-order valence-corrected chi connectivity index (χ4v) is 7.07. The molecule has 0 saturated carbocycles. The van der Waals surface area contributed by atoms with Crippen molar-refractivity contribution in [1.82, 2.24) is 4.98 Å². The highest BCUT2D eigenvalue weighted by Crippen LogP contribution is 2.46. The van der Waals surface area contributed by atoms with E-state index < -0.39 is 12.1 Å². The fraction of sp³-hybridized carbons (Fsp3) is 0.192. The largest absolute Gasteiger partial charge is 0.419 e. The second-order valence-electron chi connectivity index (χ2n) is 8.25. The van der Waals surface area contributed by atoms with E-state index in [1.807, 2.05) is 60.7 Å². The summed E-state index contributed by atoms with van der Waals surface area (Å²) in [6, 6.07) is 24.9. The summed E-state index contributed by atoms with van der Waals surface area (Å²) in [6.45, 7) is 1.50. The molecular weight excluding hydrogens is 449 g/mol. The predicted molar refractivity (Wildman–Crippen MR) is 134 cm³/mol. The summed E-state index contributed by atoms with van der Waals surface area (Å²) >= 11 is 0. The SMILES string of the molecule is O=[N+]([O-])c1ccccc1-c1nc(P(=O)(c2ccccc2)c2ccccc2)c(N2CCCCC2)o1. The third-order valence-corrected chi connectivity index (χ3v) is 9.04. The van der Waals surface area contributed by atoms with Crippen molar-refractivity contribution in [2.45, 2.75) is 19.3 Å². The summed E-state index contributed by atoms with van der Waals surface area (Å²) < 4.78 is 21.3. The Morgan fingerprint density at radius 3 is 1.97 bits per heavy atom. The van der Waals surface area contributed by atoms with Crippen molar-refractivity contribution in [3.05, 3.63) is 95.0 Å². The molecule has 1 fully saturated rings. The van der Waals surface area contributed by atoms with Crippen LogP contribution in [-0.2, 0) is 4.57 Å². The van der Waals surface area contributed by atoms with Gasteiger partial charge < -0.3 is 13.9 Å². The molecule has 0 spiro atoms. The van der Waals surface area contributed by atoms with Crippen LogP contribution in [0.5, 0.6) is 0 Å². The molecule has 7 nitrogen and oxygen atoms in total. The van der Waals surface area contributed by atoms with Crippen LogP contribution in [0.1, 0.15) is 19.3 Å². The van der Waals surface area contributed by atoms with E-state index in [0.29, 0.717) is 21.9 Å². The molecule has 1 aromatic heterocycles. The minimum Gasteiger partial charge on any atom is -0.419 e. The zero-order valence-corrected chi connectivity index (χ0v) is 19.4. The van der Waals surface area contributed by atoms with E-state index in [-0.39, 0.29) is 17.1 Å². The van der Waals surface area contributed by atoms with Crippen LogP contribution in [0.2, 0.25) is 0 Å². The van der Waals surface area contributed by atoms with Crippen LogP contribution in [0.4, 0.5) is 11.6 Å². The molecule has 1 aliphatic heterocycles. The Bertz CT molecular complexity index is 1310. The number of piperidine rings is 1. The highest BCUT2D eigenvalue weighted by atomic mass is 31.2. The summed E-state index contributed by atoms with van der Waals surface area (Å²) in [5, 5.41) is 13.0. The first-order chi connectivity index (χ1) is 16.6. The number of benzene rings is 3. The topological polar surface area (TPSA) is 89.5 Å². The highest BCUT2D eigenvalue weighted by Gasteiger charge is 2.39. The van der Waals surface area contributed by atoms with E-state index in [2.05, 4.69) is 4.90 Å². The number of rotatable bonds is 6. The van der Waals surface area contributed by atoms with E-state index in [1.54, 1.807) is 18.2 Å². The minimum atomic E-state index is -3.44. The van der Waals surface area contributed by atoms with Gasteiger partial charge in [0.05, 0.1) is 4.92 Å². The summed E-state index contributed by atoms with van der Waals surface area (Å²) in [4.78, 5) is 18.1. The zero-order chi connectivity index (χ0) is 23.5. The van der Waals surface area contributed by atoms with Crippen LogP contribution in [0.15, 0.2) is 89.3 Å². The van der Waals surface area contributed by atoms with Crippen LogP contribution in [0, 0.1) is 10.1 Å². The van der Waals surface area contributed by atoms with Gasteiger partial charge >= 0.3 is 0 Å². The summed E-state index contributed by atoms with van der Waals surface area (Å²) in [7, 11) is -3.44. The van der Waals surface area contributed by atoms with E-state index in [4.69, 9.17) is 9.40 Å². The molecule has 8 heteroatoms. The third-order valence-electron chi connectivity index (χ3n) is 6.10. The standard InChI is InChI=1S/C26H24N3O4P/c30-29(31)23-17-9-8-16-22(23)24-27-25(26(33-24)28-18-10-3-11-19-28)34(32,20-12-4-1-5-13-20)21-14-6-2-7-15-21/h1-2,4-9,12-17H,3,10-11,18-19H2. The lowest BCUT2D eigenvalue weighted by Gasteiger charge is -2.28. The maximum Gasteiger partial charge on any atom is 0.282 e. The molecule has 0 amide bonds. The first-order valence-electron chi connectivity index (χ1n) is 11.3. The van der Waals surface area contributed by atoms with Crippen molar-refractivity contribution in [3.8, 4) is 11.5 Å². The fourth-order valence-electron chi connectivity index (χ4n) is 4.41. The molecule has 4 aromatic rings. The monoisotopic (exact) mass is 473 g/mol. The van der Waals surface area contributed by atoms with E-state index >= 15 is 4.57 Å². The molecule has 172 valence electrons. The Morgan fingerprint density at radius 2 is 1.38 bits per heavy atom. The first-order valence-corrected chi connectivity index (χ1v) is 13.0. The van der Waals surface area contributed by atoms with Crippen LogP contribution in [0.3, 0.4) is 0 Å². The van der Waals surface area contributed by atoms with Crippen molar-refractivity contribution in [2.24, 2.45) is 0 Å². The molecule has 1 aliphatic rings. The van der Waals surface area contributed by atoms with Gasteiger partial charge in [-0.05, 0) is 25.3 Å². The maximum atomic E-state index is 15.1. The van der Waals surface area contributed by atoms with Crippen molar-refractivity contribution in [1.29, 1.82) is 0 Å². The predicted octanol–water partition coefficient (Wildman–Crippen LogP) is 4.88. The summed E-state index contributed by atoms with van der Waals surface area (Å²) in [5.74, 6) is 0.541. The Hall–Kier alpha value is -3.70. The summed E-state index contributed by atoms with van der Waals surface area (Å²) in [5.41, 5.74) is 0.499. The van der Waals surface area contributed by atoms with Gasteiger partial charge in [-0.3, -0.25) is 10.1 Å². The number of nitrogens with zero attached hydrogens (tertiary/aromatic N) is 3. The van der Waals surface area contributed by atoms with Crippen LogP contribution >= 0.6 is 7.14 Å². The molecule has 34 heavy (non-hydrogen) atoms. The van der Waals surface area contributed by atoms with Gasteiger partial charge in [-0.1, -0.05) is 72.8 Å².